The zero-order chi connectivity index (χ0) is 22.4. The molecule has 0 radical (unpaired) electrons. The van der Waals surface area contributed by atoms with E-state index in [1.165, 1.54) is 0 Å². The molecule has 2 aromatic carbocycles. The van der Waals surface area contributed by atoms with Crippen LogP contribution in [-0.2, 0) is 9.53 Å². The van der Waals surface area contributed by atoms with Crippen LogP contribution in [0.3, 0.4) is 0 Å². The van der Waals surface area contributed by atoms with Crippen molar-refractivity contribution in [2.24, 2.45) is 5.41 Å². The number of carbonyl (C=O) groups is 2. The number of morpholine rings is 1. The Hall–Kier alpha value is -2.38. The Labute approximate surface area is 197 Å². The van der Waals surface area contributed by atoms with Crippen molar-refractivity contribution < 1.29 is 19.1 Å². The summed E-state index contributed by atoms with van der Waals surface area (Å²) in [6.07, 6.45) is 2.04. The summed E-state index contributed by atoms with van der Waals surface area (Å²) >= 11 is 3.50. The Balaban J connectivity index is 1.53. The molecule has 2 saturated heterocycles. The van der Waals surface area contributed by atoms with Gasteiger partial charge in [0.2, 0.25) is 5.91 Å². The van der Waals surface area contributed by atoms with Crippen molar-refractivity contribution in [1.82, 2.24) is 9.80 Å². The molecule has 2 aliphatic heterocycles. The first kappa shape index (κ1) is 22.8. The molecule has 0 bridgehead atoms. The number of ether oxygens (including phenoxy) is 2. The van der Waals surface area contributed by atoms with Crippen molar-refractivity contribution in [2.45, 2.75) is 19.3 Å². The minimum atomic E-state index is -0.430. The molecule has 0 aliphatic carbocycles. The molecular weight excluding hydrogens is 472 g/mol. The predicted molar refractivity (Wildman–Crippen MR) is 126 cm³/mol. The van der Waals surface area contributed by atoms with Crippen molar-refractivity contribution >= 4 is 27.7 Å². The molecule has 7 heteroatoms. The van der Waals surface area contributed by atoms with Crippen LogP contribution in [0.2, 0.25) is 0 Å². The molecule has 2 amide bonds. The number of piperidine rings is 1. The number of carbonyl (C=O) groups excluding carboxylic acids is 2. The van der Waals surface area contributed by atoms with Crippen LogP contribution in [0, 0.1) is 5.41 Å². The lowest BCUT2D eigenvalue weighted by Crippen LogP contribution is -2.52. The Morgan fingerprint density at radius 1 is 0.969 bits per heavy atom. The lowest BCUT2D eigenvalue weighted by atomic mass is 9.77. The van der Waals surface area contributed by atoms with Crippen LogP contribution < -0.4 is 4.74 Å². The Morgan fingerprint density at radius 2 is 1.69 bits per heavy atom. The lowest BCUT2D eigenvalue weighted by Gasteiger charge is -2.43. The van der Waals surface area contributed by atoms with Gasteiger partial charge in [-0.05, 0) is 53.0 Å². The topological polar surface area (TPSA) is 59.1 Å². The van der Waals surface area contributed by atoms with E-state index in [0.717, 1.165) is 23.1 Å². The highest BCUT2D eigenvalue weighted by atomic mass is 79.9. The van der Waals surface area contributed by atoms with Crippen molar-refractivity contribution in [3.63, 3.8) is 0 Å². The summed E-state index contributed by atoms with van der Waals surface area (Å²) < 4.78 is 12.3. The minimum Gasteiger partial charge on any atom is -0.493 e. The molecular formula is C25H29BrN2O4. The van der Waals surface area contributed by atoms with Gasteiger partial charge in [-0.3, -0.25) is 9.59 Å². The van der Waals surface area contributed by atoms with Crippen LogP contribution in [0.5, 0.6) is 5.75 Å². The first-order chi connectivity index (χ1) is 15.6. The first-order valence-electron chi connectivity index (χ1n) is 11.1. The predicted octanol–water partition coefficient (Wildman–Crippen LogP) is 4.00. The molecule has 2 aromatic rings. The highest BCUT2D eigenvalue weighted by molar-refractivity contribution is 9.10. The second-order valence-corrected chi connectivity index (χ2v) is 9.44. The minimum absolute atomic E-state index is 0.0138. The van der Waals surface area contributed by atoms with Crippen LogP contribution in [0.15, 0.2) is 59.1 Å². The number of hydrogen-bond donors (Lipinski definition) is 0. The number of amides is 2. The third-order valence-corrected chi connectivity index (χ3v) is 6.92. The fraction of sp³-hybridized carbons (Fsp3) is 0.440. The highest BCUT2D eigenvalue weighted by Crippen LogP contribution is 2.36. The maximum absolute atomic E-state index is 13.3. The zero-order valence-corrected chi connectivity index (χ0v) is 19.8. The monoisotopic (exact) mass is 500 g/mol. The fourth-order valence-corrected chi connectivity index (χ4v) is 4.95. The van der Waals surface area contributed by atoms with Crippen LogP contribution in [0.25, 0.3) is 0 Å². The molecule has 2 aliphatic rings. The maximum Gasteiger partial charge on any atom is 0.255 e. The van der Waals surface area contributed by atoms with Gasteiger partial charge in [-0.25, -0.2) is 0 Å². The van der Waals surface area contributed by atoms with E-state index < -0.39 is 5.41 Å². The molecule has 0 N–H and O–H groups in total. The van der Waals surface area contributed by atoms with Gasteiger partial charge >= 0.3 is 0 Å². The Bertz CT molecular complexity index is 933. The van der Waals surface area contributed by atoms with Crippen LogP contribution in [0.1, 0.15) is 29.6 Å². The molecule has 0 spiro atoms. The smallest absolute Gasteiger partial charge is 0.255 e. The third-order valence-electron chi connectivity index (χ3n) is 6.23. The number of halogens is 1. The zero-order valence-electron chi connectivity index (χ0n) is 18.2. The van der Waals surface area contributed by atoms with Crippen molar-refractivity contribution in [2.75, 3.05) is 46.0 Å². The van der Waals surface area contributed by atoms with Gasteiger partial charge in [0.1, 0.15) is 5.75 Å². The van der Waals surface area contributed by atoms with Gasteiger partial charge in [0.15, 0.2) is 0 Å². The van der Waals surface area contributed by atoms with Gasteiger partial charge in [-0.15, -0.1) is 0 Å². The molecule has 6 nitrogen and oxygen atoms in total. The average Bonchev–Trinajstić information content (AvgIpc) is 2.84. The van der Waals surface area contributed by atoms with Crippen LogP contribution in [-0.4, -0.2) is 67.6 Å². The fourth-order valence-electron chi connectivity index (χ4n) is 4.50. The summed E-state index contributed by atoms with van der Waals surface area (Å²) in [5.41, 5.74) is 0.215. The van der Waals surface area contributed by atoms with Crippen molar-refractivity contribution in [1.29, 1.82) is 0 Å². The van der Waals surface area contributed by atoms with Crippen molar-refractivity contribution in [3.8, 4) is 5.75 Å². The SMILES string of the molecule is O=C(C[C@]1(COc2ccccc2)CCCN(C(=O)c2ccccc2Br)C1)N1CCOCC1. The number of para-hydroxylation sites is 1. The normalized spacial score (nSPS) is 21.3. The van der Waals surface area contributed by atoms with E-state index in [2.05, 4.69) is 15.9 Å². The van der Waals surface area contributed by atoms with Gasteiger partial charge in [-0.1, -0.05) is 30.3 Å². The third kappa shape index (κ3) is 5.51. The molecule has 0 unspecified atom stereocenters. The maximum atomic E-state index is 13.3. The summed E-state index contributed by atoms with van der Waals surface area (Å²) in [6, 6.07) is 17.1. The van der Waals surface area contributed by atoms with E-state index in [-0.39, 0.29) is 11.8 Å². The molecule has 2 fully saturated rings. The molecule has 1 atom stereocenters. The van der Waals surface area contributed by atoms with Crippen LogP contribution >= 0.6 is 15.9 Å². The largest absolute Gasteiger partial charge is 0.493 e. The Morgan fingerprint density at radius 3 is 2.44 bits per heavy atom. The van der Waals surface area contributed by atoms with Crippen molar-refractivity contribution in [3.05, 3.63) is 64.6 Å². The first-order valence-corrected chi connectivity index (χ1v) is 11.9. The number of nitrogens with zero attached hydrogens (tertiary/aromatic N) is 2. The lowest BCUT2D eigenvalue weighted by molar-refractivity contribution is -0.139. The van der Waals surface area contributed by atoms with E-state index in [0.29, 0.717) is 58.0 Å². The summed E-state index contributed by atoms with van der Waals surface area (Å²) in [7, 11) is 0. The average molecular weight is 501 g/mol. The standard InChI is InChI=1S/C25H29BrN2O4/c26-22-10-5-4-9-21(22)24(30)28-12-6-11-25(18-28,19-32-20-7-2-1-3-8-20)17-23(29)27-13-15-31-16-14-27/h1-5,7-10H,6,11-19H2/t25-/m1/s1. The molecule has 0 aromatic heterocycles. The number of rotatable bonds is 6. The number of benzene rings is 2. The van der Waals surface area contributed by atoms with E-state index in [4.69, 9.17) is 9.47 Å². The van der Waals surface area contributed by atoms with Gasteiger partial charge < -0.3 is 19.3 Å². The van der Waals surface area contributed by atoms with Gasteiger partial charge in [0.25, 0.3) is 5.91 Å². The van der Waals surface area contributed by atoms with Gasteiger partial charge in [-0.2, -0.15) is 0 Å². The highest BCUT2D eigenvalue weighted by Gasteiger charge is 2.41. The molecule has 4 rings (SSSR count). The summed E-state index contributed by atoms with van der Waals surface area (Å²) in [5.74, 6) is 0.875. The summed E-state index contributed by atoms with van der Waals surface area (Å²) in [6.45, 7) is 3.96. The molecule has 2 heterocycles. The second-order valence-electron chi connectivity index (χ2n) is 8.58. The quantitative estimate of drug-likeness (QED) is 0.601. The van der Waals surface area contributed by atoms with E-state index in [1.807, 2.05) is 64.4 Å². The van der Waals surface area contributed by atoms with E-state index >= 15 is 0 Å². The van der Waals surface area contributed by atoms with Crippen LogP contribution in [0.4, 0.5) is 0 Å². The molecule has 0 saturated carbocycles. The number of likely N-dealkylation sites (tertiary alicyclic amines) is 1. The number of hydrogen-bond acceptors (Lipinski definition) is 4. The van der Waals surface area contributed by atoms with Gasteiger partial charge in [0, 0.05) is 42.5 Å². The van der Waals surface area contributed by atoms with E-state index in [1.54, 1.807) is 0 Å². The van der Waals surface area contributed by atoms with Gasteiger partial charge in [0.05, 0.1) is 25.4 Å². The Kier molecular flexibility index (Phi) is 7.48. The summed E-state index contributed by atoms with van der Waals surface area (Å²) in [5, 5.41) is 0. The molecule has 32 heavy (non-hydrogen) atoms. The summed E-state index contributed by atoms with van der Waals surface area (Å²) in [4.78, 5) is 30.3. The van der Waals surface area contributed by atoms with E-state index in [9.17, 15) is 9.59 Å². The molecule has 170 valence electrons. The second kappa shape index (κ2) is 10.5.